The van der Waals surface area contributed by atoms with E-state index in [1.165, 1.54) is 71.1 Å². The molecule has 0 radical (unpaired) electrons. The predicted octanol–water partition coefficient (Wildman–Crippen LogP) is 12.5. The smallest absolute Gasteiger partial charge is 0.136 e. The van der Waals surface area contributed by atoms with Crippen LogP contribution in [-0.4, -0.2) is 0 Å². The summed E-state index contributed by atoms with van der Waals surface area (Å²) in [6.45, 7) is 0. The molecule has 1 heteroatoms. The molecule has 0 spiro atoms. The second-order valence-corrected chi connectivity index (χ2v) is 12.1. The molecule has 0 fully saturated rings. The van der Waals surface area contributed by atoms with Crippen LogP contribution in [0.2, 0.25) is 0 Å². The average Bonchev–Trinajstić information content (AvgIpc) is 3.11. The van der Waals surface area contributed by atoms with Crippen LogP contribution in [0, 0.1) is 0 Å². The minimum atomic E-state index is 0.892. The van der Waals surface area contributed by atoms with Gasteiger partial charge >= 0.3 is 0 Å². The van der Waals surface area contributed by atoms with E-state index in [0.29, 0.717) is 0 Å². The second kappa shape index (κ2) is 9.29. The number of hydrogen-bond acceptors (Lipinski definition) is 1. The summed E-state index contributed by atoms with van der Waals surface area (Å²) in [4.78, 5) is 0. The van der Waals surface area contributed by atoms with Crippen LogP contribution in [0.15, 0.2) is 158 Å². The van der Waals surface area contributed by atoms with Crippen LogP contribution in [0.4, 0.5) is 0 Å². The molecule has 0 saturated carbocycles. The molecule has 208 valence electrons. The Labute approximate surface area is 260 Å². The van der Waals surface area contributed by atoms with E-state index in [-0.39, 0.29) is 0 Å². The third-order valence-electron chi connectivity index (χ3n) is 9.60. The molecule has 1 heterocycles. The topological polar surface area (TPSA) is 9.23 Å². The van der Waals surface area contributed by atoms with Crippen molar-refractivity contribution in [2.45, 2.75) is 0 Å². The lowest BCUT2D eigenvalue weighted by Gasteiger charge is -2.24. The van der Waals surface area contributed by atoms with Gasteiger partial charge in [0.2, 0.25) is 0 Å². The lowest BCUT2D eigenvalue weighted by atomic mass is 9.86. The van der Waals surface area contributed by atoms with Gasteiger partial charge in [-0.1, -0.05) is 133 Å². The van der Waals surface area contributed by atoms with Crippen molar-refractivity contribution in [1.29, 1.82) is 0 Å². The fourth-order valence-corrected chi connectivity index (χ4v) is 7.52. The number of ether oxygens (including phenoxy) is 1. The summed E-state index contributed by atoms with van der Waals surface area (Å²) in [6, 6.07) is 57.2. The van der Waals surface area contributed by atoms with Crippen LogP contribution in [0.3, 0.4) is 0 Å². The Hall–Kier alpha value is -5.92. The fourth-order valence-electron chi connectivity index (χ4n) is 7.52. The number of hydrogen-bond donors (Lipinski definition) is 0. The highest BCUT2D eigenvalue weighted by atomic mass is 16.5. The van der Waals surface area contributed by atoms with Crippen molar-refractivity contribution in [3.05, 3.63) is 158 Å². The van der Waals surface area contributed by atoms with Crippen molar-refractivity contribution in [2.24, 2.45) is 0 Å². The Morgan fingerprint density at radius 2 is 0.933 bits per heavy atom. The van der Waals surface area contributed by atoms with Crippen molar-refractivity contribution in [3.8, 4) is 56.0 Å². The summed E-state index contributed by atoms with van der Waals surface area (Å²) in [5, 5.41) is 10.2. The Morgan fingerprint density at radius 3 is 1.73 bits per heavy atom. The predicted molar refractivity (Wildman–Crippen MR) is 189 cm³/mol. The molecule has 0 unspecified atom stereocenters. The zero-order valence-electron chi connectivity index (χ0n) is 24.4. The fraction of sp³-hybridized carbons (Fsp3) is 0. The minimum Gasteiger partial charge on any atom is -0.456 e. The zero-order chi connectivity index (χ0) is 29.5. The van der Waals surface area contributed by atoms with Gasteiger partial charge in [0, 0.05) is 10.9 Å². The first-order valence-electron chi connectivity index (χ1n) is 15.5. The molecule has 0 bridgehead atoms. The van der Waals surface area contributed by atoms with Gasteiger partial charge < -0.3 is 4.74 Å². The lowest BCUT2D eigenvalue weighted by Crippen LogP contribution is -1.99. The van der Waals surface area contributed by atoms with E-state index < -0.39 is 0 Å². The molecule has 0 atom stereocenters. The highest BCUT2D eigenvalue weighted by Gasteiger charge is 2.24. The Kier molecular flexibility index (Phi) is 5.06. The van der Waals surface area contributed by atoms with Gasteiger partial charge in [-0.3, -0.25) is 0 Å². The molecule has 0 N–H and O–H groups in total. The average molecular weight is 571 g/mol. The molecule has 1 aliphatic rings. The van der Waals surface area contributed by atoms with E-state index in [4.69, 9.17) is 4.74 Å². The molecular formula is C44H26O. The van der Waals surface area contributed by atoms with E-state index in [1.54, 1.807) is 0 Å². The standard InChI is InChI=1S/C44H26O/c1-3-8-27(9-4-1)33-25-39-34(28-10-5-2-6-11-28)21-22-37-38-24-32(18-23-40(38)45-41(26-33)44(37)39)35-19-16-31-15-14-29-12-7-13-30-17-20-36(35)43(31)42(29)30/h1-26H. The lowest BCUT2D eigenvalue weighted by molar-refractivity contribution is 0.487. The molecular weight excluding hydrogens is 544 g/mol. The van der Waals surface area contributed by atoms with Gasteiger partial charge in [-0.25, -0.2) is 0 Å². The summed E-state index contributed by atoms with van der Waals surface area (Å²) in [6.07, 6.45) is 0. The van der Waals surface area contributed by atoms with Gasteiger partial charge in [-0.2, -0.15) is 0 Å². The monoisotopic (exact) mass is 570 g/mol. The quantitative estimate of drug-likeness (QED) is 0.192. The van der Waals surface area contributed by atoms with Crippen molar-refractivity contribution in [1.82, 2.24) is 0 Å². The highest BCUT2D eigenvalue weighted by Crippen LogP contribution is 2.51. The van der Waals surface area contributed by atoms with E-state index >= 15 is 0 Å². The first kappa shape index (κ1) is 24.5. The summed E-state index contributed by atoms with van der Waals surface area (Å²) in [7, 11) is 0. The van der Waals surface area contributed by atoms with E-state index in [1.807, 2.05) is 0 Å². The summed E-state index contributed by atoms with van der Waals surface area (Å²) in [5.41, 5.74) is 9.52. The van der Waals surface area contributed by atoms with Crippen molar-refractivity contribution < 1.29 is 4.74 Å². The van der Waals surface area contributed by atoms with Crippen LogP contribution in [-0.2, 0) is 0 Å². The molecule has 0 aromatic heterocycles. The molecule has 9 aromatic carbocycles. The second-order valence-electron chi connectivity index (χ2n) is 12.1. The van der Waals surface area contributed by atoms with Gasteiger partial charge in [-0.15, -0.1) is 0 Å². The SMILES string of the molecule is c1ccc(-c2cc3c4c(ccc(-c5ccccc5)c4c2)-c2cc(-c4ccc5ccc6cccc7ccc4c5c67)ccc2O3)cc1. The summed E-state index contributed by atoms with van der Waals surface area (Å²) < 4.78 is 6.77. The molecule has 0 amide bonds. The highest BCUT2D eigenvalue weighted by molar-refractivity contribution is 6.25. The summed E-state index contributed by atoms with van der Waals surface area (Å²) in [5.74, 6) is 1.80. The Balaban J connectivity index is 1.21. The number of fused-ring (bicyclic) bond motifs is 2. The van der Waals surface area contributed by atoms with E-state index in [9.17, 15) is 0 Å². The Bertz CT molecular complexity index is 2580. The molecule has 9 aromatic rings. The van der Waals surface area contributed by atoms with E-state index in [2.05, 4.69) is 158 Å². The molecule has 10 rings (SSSR count). The van der Waals surface area contributed by atoms with Gasteiger partial charge in [0.05, 0.1) is 0 Å². The molecule has 1 aliphatic heterocycles. The third-order valence-corrected chi connectivity index (χ3v) is 9.60. The van der Waals surface area contributed by atoms with Gasteiger partial charge in [0.25, 0.3) is 0 Å². The van der Waals surface area contributed by atoms with Gasteiger partial charge in [0.15, 0.2) is 0 Å². The first-order chi connectivity index (χ1) is 22.3. The van der Waals surface area contributed by atoms with Crippen LogP contribution in [0.25, 0.3) is 87.6 Å². The largest absolute Gasteiger partial charge is 0.456 e. The van der Waals surface area contributed by atoms with E-state index in [0.717, 1.165) is 28.0 Å². The maximum Gasteiger partial charge on any atom is 0.136 e. The minimum absolute atomic E-state index is 0.892. The maximum absolute atomic E-state index is 6.77. The van der Waals surface area contributed by atoms with Crippen LogP contribution in [0.5, 0.6) is 11.5 Å². The summed E-state index contributed by atoms with van der Waals surface area (Å²) >= 11 is 0. The van der Waals surface area contributed by atoms with Crippen LogP contribution < -0.4 is 4.74 Å². The number of benzene rings is 9. The molecule has 45 heavy (non-hydrogen) atoms. The zero-order valence-corrected chi connectivity index (χ0v) is 24.4. The first-order valence-corrected chi connectivity index (χ1v) is 15.5. The maximum atomic E-state index is 6.77. The Morgan fingerprint density at radius 1 is 0.289 bits per heavy atom. The molecule has 0 saturated heterocycles. The number of rotatable bonds is 3. The van der Waals surface area contributed by atoms with Crippen molar-refractivity contribution in [2.75, 3.05) is 0 Å². The molecule has 0 aliphatic carbocycles. The van der Waals surface area contributed by atoms with Gasteiger partial charge in [-0.05, 0) is 101 Å². The van der Waals surface area contributed by atoms with Crippen LogP contribution in [0.1, 0.15) is 0 Å². The van der Waals surface area contributed by atoms with Crippen LogP contribution >= 0.6 is 0 Å². The third kappa shape index (κ3) is 3.62. The normalized spacial score (nSPS) is 12.2. The molecule has 1 nitrogen and oxygen atoms in total. The van der Waals surface area contributed by atoms with Crippen molar-refractivity contribution in [3.63, 3.8) is 0 Å². The van der Waals surface area contributed by atoms with Crippen molar-refractivity contribution >= 4 is 43.1 Å². The van der Waals surface area contributed by atoms with Gasteiger partial charge in [0.1, 0.15) is 11.5 Å².